The maximum Gasteiger partial charge on any atom is 0.119 e. The topological polar surface area (TPSA) is 9.23 Å². The number of halogens is 3. The van der Waals surface area contributed by atoms with Gasteiger partial charge >= 0.3 is 0 Å². The molecule has 2 aromatic rings. The number of methoxy groups -OCH3 is 1. The molecular formula is C15H13Br2ClO. The summed E-state index contributed by atoms with van der Waals surface area (Å²) in [5.74, 6) is 0.884. The molecular weight excluding hydrogens is 391 g/mol. The minimum atomic E-state index is 0.244. The van der Waals surface area contributed by atoms with Gasteiger partial charge < -0.3 is 4.74 Å². The first kappa shape index (κ1) is 14.9. The van der Waals surface area contributed by atoms with Gasteiger partial charge in [-0.3, -0.25) is 0 Å². The van der Waals surface area contributed by atoms with Gasteiger partial charge in [0.15, 0.2) is 0 Å². The molecule has 0 radical (unpaired) electrons. The predicted octanol–water partition coefficient (Wildman–Crippen LogP) is 5.79. The Morgan fingerprint density at radius 3 is 2.68 bits per heavy atom. The van der Waals surface area contributed by atoms with E-state index in [1.54, 1.807) is 7.11 Å². The summed E-state index contributed by atoms with van der Waals surface area (Å²) in [7, 11) is 1.68. The summed E-state index contributed by atoms with van der Waals surface area (Å²) in [5, 5.41) is 0.727. The second kappa shape index (κ2) is 6.78. The summed E-state index contributed by atoms with van der Waals surface area (Å²) in [5.41, 5.74) is 2.42. The molecule has 0 aliphatic heterocycles. The molecule has 1 nitrogen and oxygen atoms in total. The Balaban J connectivity index is 2.15. The average Bonchev–Trinajstić information content (AvgIpc) is 2.42. The van der Waals surface area contributed by atoms with Gasteiger partial charge in [-0.25, -0.2) is 0 Å². The van der Waals surface area contributed by atoms with Crippen molar-refractivity contribution in [2.75, 3.05) is 7.11 Å². The number of benzene rings is 2. The number of hydrogen-bond acceptors (Lipinski definition) is 1. The molecule has 100 valence electrons. The Bertz CT molecular complexity index is 572. The fourth-order valence-corrected chi connectivity index (χ4v) is 3.00. The Hall–Kier alpha value is -0.510. The van der Waals surface area contributed by atoms with Crippen molar-refractivity contribution < 1.29 is 4.74 Å². The molecule has 19 heavy (non-hydrogen) atoms. The highest BCUT2D eigenvalue weighted by Gasteiger charge is 2.10. The van der Waals surface area contributed by atoms with Gasteiger partial charge in [-0.05, 0) is 57.7 Å². The number of hydrogen-bond donors (Lipinski definition) is 0. The maximum absolute atomic E-state index is 6.01. The standard InChI is InChI=1S/C15H13Br2ClO/c1-19-12-4-2-3-10(7-12)8-13(16)11-5-6-15(18)14(17)9-11/h2-7,9,13H,8H2,1H3. The highest BCUT2D eigenvalue weighted by atomic mass is 79.9. The van der Waals surface area contributed by atoms with E-state index < -0.39 is 0 Å². The van der Waals surface area contributed by atoms with Crippen LogP contribution in [0.15, 0.2) is 46.9 Å². The SMILES string of the molecule is COc1cccc(CC(Br)c2ccc(Cl)c(Br)c2)c1. The van der Waals surface area contributed by atoms with E-state index in [9.17, 15) is 0 Å². The highest BCUT2D eigenvalue weighted by molar-refractivity contribution is 9.10. The molecule has 0 aliphatic rings. The van der Waals surface area contributed by atoms with Crippen molar-refractivity contribution in [2.45, 2.75) is 11.2 Å². The van der Waals surface area contributed by atoms with Gasteiger partial charge in [0.2, 0.25) is 0 Å². The van der Waals surface area contributed by atoms with E-state index in [1.807, 2.05) is 30.3 Å². The first-order valence-electron chi connectivity index (χ1n) is 5.82. The van der Waals surface area contributed by atoms with Crippen LogP contribution in [0.5, 0.6) is 5.75 Å². The van der Waals surface area contributed by atoms with Crippen molar-refractivity contribution in [2.24, 2.45) is 0 Å². The second-order valence-corrected chi connectivity index (χ2v) is 6.56. The predicted molar refractivity (Wildman–Crippen MR) is 87.5 cm³/mol. The van der Waals surface area contributed by atoms with Crippen LogP contribution < -0.4 is 4.74 Å². The van der Waals surface area contributed by atoms with Crippen LogP contribution in [0, 0.1) is 0 Å². The molecule has 0 heterocycles. The average molecular weight is 405 g/mol. The van der Waals surface area contributed by atoms with Crippen LogP contribution in [0.1, 0.15) is 16.0 Å². The molecule has 0 aromatic heterocycles. The van der Waals surface area contributed by atoms with Crippen molar-refractivity contribution in [1.82, 2.24) is 0 Å². The molecule has 0 amide bonds. The van der Waals surface area contributed by atoms with E-state index in [1.165, 1.54) is 11.1 Å². The zero-order valence-electron chi connectivity index (χ0n) is 10.4. The third-order valence-electron chi connectivity index (χ3n) is 2.85. The van der Waals surface area contributed by atoms with Crippen LogP contribution in [-0.4, -0.2) is 7.11 Å². The van der Waals surface area contributed by atoms with Crippen molar-refractivity contribution in [3.63, 3.8) is 0 Å². The minimum Gasteiger partial charge on any atom is -0.497 e. The Kier molecular flexibility index (Phi) is 5.31. The molecule has 2 rings (SSSR count). The van der Waals surface area contributed by atoms with E-state index in [-0.39, 0.29) is 4.83 Å². The zero-order valence-corrected chi connectivity index (χ0v) is 14.3. The monoisotopic (exact) mass is 402 g/mol. The Morgan fingerprint density at radius 1 is 1.21 bits per heavy atom. The molecule has 0 saturated carbocycles. The number of ether oxygens (including phenoxy) is 1. The molecule has 2 aromatic carbocycles. The molecule has 4 heteroatoms. The quantitative estimate of drug-likeness (QED) is 0.586. The lowest BCUT2D eigenvalue weighted by Gasteiger charge is -2.12. The van der Waals surface area contributed by atoms with Gasteiger partial charge in [-0.2, -0.15) is 0 Å². The second-order valence-electron chi connectivity index (χ2n) is 4.20. The van der Waals surface area contributed by atoms with Crippen LogP contribution >= 0.6 is 43.5 Å². The van der Waals surface area contributed by atoms with Gasteiger partial charge in [-0.15, -0.1) is 0 Å². The number of alkyl halides is 1. The normalized spacial score (nSPS) is 12.2. The van der Waals surface area contributed by atoms with Gasteiger partial charge in [0, 0.05) is 9.30 Å². The van der Waals surface area contributed by atoms with Gasteiger partial charge in [0.1, 0.15) is 5.75 Å². The largest absolute Gasteiger partial charge is 0.497 e. The van der Waals surface area contributed by atoms with Crippen molar-refractivity contribution in [3.05, 3.63) is 63.1 Å². The first-order chi connectivity index (χ1) is 9.10. The number of rotatable bonds is 4. The molecule has 1 atom stereocenters. The summed E-state index contributed by atoms with van der Waals surface area (Å²) in [4.78, 5) is 0.244. The lowest BCUT2D eigenvalue weighted by Crippen LogP contribution is -1.96. The van der Waals surface area contributed by atoms with E-state index in [0.29, 0.717) is 0 Å². The van der Waals surface area contributed by atoms with E-state index in [4.69, 9.17) is 16.3 Å². The summed E-state index contributed by atoms with van der Waals surface area (Å²) in [6, 6.07) is 14.1. The van der Waals surface area contributed by atoms with Gasteiger partial charge in [0.25, 0.3) is 0 Å². The highest BCUT2D eigenvalue weighted by Crippen LogP contribution is 2.32. The van der Waals surface area contributed by atoms with Crippen molar-refractivity contribution in [3.8, 4) is 5.75 Å². The zero-order chi connectivity index (χ0) is 13.8. The molecule has 0 N–H and O–H groups in total. The van der Waals surface area contributed by atoms with Gasteiger partial charge in [-0.1, -0.05) is 45.7 Å². The molecule has 0 bridgehead atoms. The fraction of sp³-hybridized carbons (Fsp3) is 0.200. The first-order valence-corrected chi connectivity index (χ1v) is 7.91. The van der Waals surface area contributed by atoms with E-state index in [2.05, 4.69) is 44.0 Å². The molecule has 0 saturated heterocycles. The van der Waals surface area contributed by atoms with Gasteiger partial charge in [0.05, 0.1) is 12.1 Å². The Morgan fingerprint density at radius 2 is 2.00 bits per heavy atom. The fourth-order valence-electron chi connectivity index (χ4n) is 1.83. The molecule has 1 unspecified atom stereocenters. The summed E-state index contributed by atoms with van der Waals surface area (Å²) in [6.07, 6.45) is 0.894. The smallest absolute Gasteiger partial charge is 0.119 e. The van der Waals surface area contributed by atoms with Crippen LogP contribution in [0.4, 0.5) is 0 Å². The third kappa shape index (κ3) is 3.98. The molecule has 0 spiro atoms. The maximum atomic E-state index is 6.01. The Labute approximate surface area is 135 Å². The lowest BCUT2D eigenvalue weighted by atomic mass is 10.0. The van der Waals surface area contributed by atoms with Crippen LogP contribution in [0.2, 0.25) is 5.02 Å². The van der Waals surface area contributed by atoms with Crippen LogP contribution in [-0.2, 0) is 6.42 Å². The summed E-state index contributed by atoms with van der Waals surface area (Å²) >= 11 is 13.2. The lowest BCUT2D eigenvalue weighted by molar-refractivity contribution is 0.414. The van der Waals surface area contributed by atoms with E-state index in [0.717, 1.165) is 21.7 Å². The molecule has 0 fully saturated rings. The van der Waals surface area contributed by atoms with Crippen LogP contribution in [0.25, 0.3) is 0 Å². The molecule has 0 aliphatic carbocycles. The summed E-state index contributed by atoms with van der Waals surface area (Å²) in [6.45, 7) is 0. The van der Waals surface area contributed by atoms with Crippen molar-refractivity contribution >= 4 is 43.5 Å². The third-order valence-corrected chi connectivity index (χ3v) is 4.92. The summed E-state index contributed by atoms with van der Waals surface area (Å²) < 4.78 is 6.16. The van der Waals surface area contributed by atoms with Crippen LogP contribution in [0.3, 0.4) is 0 Å². The van der Waals surface area contributed by atoms with E-state index >= 15 is 0 Å². The van der Waals surface area contributed by atoms with Crippen molar-refractivity contribution in [1.29, 1.82) is 0 Å². The minimum absolute atomic E-state index is 0.244.